The molecule has 11 heteroatoms. The van der Waals surface area contributed by atoms with E-state index in [0.717, 1.165) is 21.6 Å². The molecular weight excluding hydrogens is 290 g/mol. The smallest absolute Gasteiger partial charge is 0.548 e. The molecule has 0 heterocycles. The van der Waals surface area contributed by atoms with Crippen molar-refractivity contribution >= 4 is 33.5 Å². The van der Waals surface area contributed by atoms with Crippen molar-refractivity contribution in [2.75, 3.05) is 11.5 Å². The topological polar surface area (TPSA) is 164 Å². The Labute approximate surface area is 151 Å². The summed E-state index contributed by atoms with van der Waals surface area (Å²) in [6.45, 7) is 0. The predicted molar refractivity (Wildman–Crippen MR) is 54.5 cm³/mol. The summed E-state index contributed by atoms with van der Waals surface area (Å²) in [6, 6.07) is -2.10. The van der Waals surface area contributed by atoms with Crippen molar-refractivity contribution in [3.05, 3.63) is 0 Å². The van der Waals surface area contributed by atoms with Crippen LogP contribution in [-0.2, 0) is 9.59 Å². The molecule has 0 fully saturated rings. The largest absolute Gasteiger partial charge is 1.00 e. The maximum absolute atomic E-state index is 10.1. The van der Waals surface area contributed by atoms with Gasteiger partial charge in [-0.3, -0.25) is 0 Å². The van der Waals surface area contributed by atoms with E-state index in [0.29, 0.717) is 0 Å². The van der Waals surface area contributed by atoms with E-state index in [1.807, 2.05) is 0 Å². The Balaban J connectivity index is -0.000000282. The average Bonchev–Trinajstić information content (AvgIpc) is 2.11. The minimum Gasteiger partial charge on any atom is -0.548 e. The third-order valence-corrected chi connectivity index (χ3v) is 3.66. The second kappa shape index (κ2) is 15.6. The second-order valence-electron chi connectivity index (χ2n) is 2.42. The number of aliphatic carboxylic acids is 2. The minimum atomic E-state index is -1.33. The Morgan fingerprint density at radius 3 is 1.35 bits per heavy atom. The van der Waals surface area contributed by atoms with Crippen LogP contribution in [0, 0.1) is 0 Å². The zero-order valence-corrected chi connectivity index (χ0v) is 15.3. The minimum absolute atomic E-state index is 0. The first-order valence-corrected chi connectivity index (χ1v) is 6.11. The Hall–Kier alpha value is 1.52. The van der Waals surface area contributed by atoms with Crippen LogP contribution >= 0.6 is 21.6 Å². The summed E-state index contributed by atoms with van der Waals surface area (Å²) in [4.78, 5) is 20.3. The van der Waals surface area contributed by atoms with Crippen molar-refractivity contribution in [1.82, 2.24) is 0 Å². The fourth-order valence-electron chi connectivity index (χ4n) is 0.379. The van der Waals surface area contributed by atoms with E-state index >= 15 is 0 Å². The quantitative estimate of drug-likeness (QED) is 0.266. The first kappa shape index (κ1) is 27.0. The monoisotopic (exact) mass is 302 g/mol. The Bertz CT molecular complexity index is 203. The van der Waals surface area contributed by atoms with Crippen LogP contribution in [0.4, 0.5) is 0 Å². The van der Waals surface area contributed by atoms with Crippen LogP contribution in [0.5, 0.6) is 0 Å². The zero-order valence-electron chi connectivity index (χ0n) is 9.67. The van der Waals surface area contributed by atoms with E-state index in [1.165, 1.54) is 0 Å². The van der Waals surface area contributed by atoms with Gasteiger partial charge in [-0.15, -0.1) is 0 Å². The van der Waals surface area contributed by atoms with Gasteiger partial charge >= 0.3 is 59.1 Å². The first-order valence-electron chi connectivity index (χ1n) is 3.62. The fraction of sp³-hybridized carbons (Fsp3) is 0.667. The number of carboxylic acids is 2. The van der Waals surface area contributed by atoms with Crippen molar-refractivity contribution in [3.8, 4) is 0 Å². The molecule has 17 heavy (non-hydrogen) atoms. The van der Waals surface area contributed by atoms with Crippen molar-refractivity contribution in [2.45, 2.75) is 12.1 Å². The molecule has 90 valence electrons. The Morgan fingerprint density at radius 1 is 0.941 bits per heavy atom. The molecule has 7 nitrogen and oxygen atoms in total. The van der Waals surface area contributed by atoms with Gasteiger partial charge in [0.15, 0.2) is 0 Å². The van der Waals surface area contributed by atoms with Crippen LogP contribution in [0.1, 0.15) is 0 Å². The SMILES string of the molecule is N[C@@H](CSSC[C@H](N)C(=O)[O-])C(=O)[O-].O.[Na+].[Na+]. The molecule has 0 aliphatic carbocycles. The van der Waals surface area contributed by atoms with Gasteiger partial charge in [-0.1, -0.05) is 21.6 Å². The van der Waals surface area contributed by atoms with Crippen LogP contribution in [0.15, 0.2) is 0 Å². The molecule has 0 saturated heterocycles. The van der Waals surface area contributed by atoms with Crippen LogP contribution in [-0.4, -0.2) is 41.0 Å². The van der Waals surface area contributed by atoms with Gasteiger partial charge in [0.2, 0.25) is 0 Å². The van der Waals surface area contributed by atoms with Crippen LogP contribution in [0.25, 0.3) is 0 Å². The summed E-state index contributed by atoms with van der Waals surface area (Å²) < 4.78 is 0. The number of carbonyl (C=O) groups excluding carboxylic acids is 2. The van der Waals surface area contributed by atoms with Crippen molar-refractivity contribution < 1.29 is 84.4 Å². The third-order valence-electron chi connectivity index (χ3n) is 1.18. The second-order valence-corrected chi connectivity index (χ2v) is 4.97. The van der Waals surface area contributed by atoms with Gasteiger partial charge in [0, 0.05) is 11.5 Å². The molecule has 0 aromatic rings. The number of nitrogens with two attached hydrogens (primary N) is 2. The molecule has 0 aromatic heterocycles. The summed E-state index contributed by atoms with van der Waals surface area (Å²) in [7, 11) is 2.27. The maximum Gasteiger partial charge on any atom is 1.00 e. The normalized spacial score (nSPS) is 12.1. The molecule has 0 aliphatic rings. The molecule has 0 saturated carbocycles. The van der Waals surface area contributed by atoms with Gasteiger partial charge in [-0.2, -0.15) is 0 Å². The standard InChI is InChI=1S/C6H12N2O4S2.2Na.H2O/c7-3(5(9)10)1-13-14-2-4(8)6(11)12;;;/h3-4H,1-2,7-8H2,(H,9,10)(H,11,12);;;1H2/q;2*+1;/p-2/t3-,4-;;;/m0.../s1. The summed E-state index contributed by atoms with van der Waals surface area (Å²) in [5.74, 6) is -2.37. The fourth-order valence-corrected chi connectivity index (χ4v) is 2.59. The van der Waals surface area contributed by atoms with E-state index < -0.39 is 24.0 Å². The molecule has 0 spiro atoms. The van der Waals surface area contributed by atoms with E-state index in [4.69, 9.17) is 11.5 Å². The predicted octanol–water partition coefficient (Wildman–Crippen LogP) is -10.3. The van der Waals surface area contributed by atoms with Crippen LogP contribution < -0.4 is 80.8 Å². The molecular formula is C6H12N2Na2O5S2. The summed E-state index contributed by atoms with van der Waals surface area (Å²) in [5, 5.41) is 20.3. The number of carbonyl (C=O) groups is 2. The van der Waals surface area contributed by atoms with E-state index in [1.54, 1.807) is 0 Å². The summed E-state index contributed by atoms with van der Waals surface area (Å²) >= 11 is 0. The van der Waals surface area contributed by atoms with Crippen LogP contribution in [0.3, 0.4) is 0 Å². The molecule has 6 N–H and O–H groups in total. The summed E-state index contributed by atoms with van der Waals surface area (Å²) in [6.07, 6.45) is 0. The van der Waals surface area contributed by atoms with E-state index in [-0.39, 0.29) is 76.1 Å². The third kappa shape index (κ3) is 15.5. The van der Waals surface area contributed by atoms with Crippen molar-refractivity contribution in [3.63, 3.8) is 0 Å². The number of carboxylic acid groups (broad SMARTS) is 2. The van der Waals surface area contributed by atoms with Gasteiger partial charge in [-0.05, 0) is 0 Å². The number of rotatable bonds is 7. The number of hydrogen-bond donors (Lipinski definition) is 2. The Kier molecular flexibility index (Phi) is 24.7. The molecule has 0 unspecified atom stereocenters. The van der Waals surface area contributed by atoms with Gasteiger partial charge in [0.25, 0.3) is 0 Å². The molecule has 0 amide bonds. The zero-order chi connectivity index (χ0) is 11.1. The first-order chi connectivity index (χ1) is 6.45. The van der Waals surface area contributed by atoms with E-state index in [9.17, 15) is 19.8 Å². The summed E-state index contributed by atoms with van der Waals surface area (Å²) in [5.41, 5.74) is 10.3. The molecule has 0 rings (SSSR count). The van der Waals surface area contributed by atoms with Gasteiger partial charge in [0.05, 0.1) is 24.0 Å². The molecule has 2 atom stereocenters. The average molecular weight is 302 g/mol. The van der Waals surface area contributed by atoms with Crippen molar-refractivity contribution in [2.24, 2.45) is 11.5 Å². The molecule has 0 bridgehead atoms. The van der Waals surface area contributed by atoms with Crippen LogP contribution in [0.2, 0.25) is 0 Å². The molecule has 0 aliphatic heterocycles. The Morgan fingerprint density at radius 2 is 1.18 bits per heavy atom. The number of hydrogen-bond acceptors (Lipinski definition) is 8. The van der Waals surface area contributed by atoms with Gasteiger partial charge < -0.3 is 36.7 Å². The van der Waals surface area contributed by atoms with Crippen molar-refractivity contribution in [1.29, 1.82) is 0 Å². The van der Waals surface area contributed by atoms with E-state index in [2.05, 4.69) is 0 Å². The van der Waals surface area contributed by atoms with Gasteiger partial charge in [0.1, 0.15) is 0 Å². The molecule has 0 radical (unpaired) electrons. The van der Waals surface area contributed by atoms with Gasteiger partial charge in [-0.25, -0.2) is 0 Å². The maximum atomic E-state index is 10.1. The molecule has 0 aromatic carbocycles.